The Morgan fingerprint density at radius 3 is 2.70 bits per heavy atom. The second-order valence-electron chi connectivity index (χ2n) is 4.88. The first kappa shape index (κ1) is 17.4. The second kappa shape index (κ2) is 8.57. The van der Waals surface area contributed by atoms with Crippen molar-refractivity contribution in [3.05, 3.63) is 34.6 Å². The number of hydrogen-bond donors (Lipinski definition) is 1. The van der Waals surface area contributed by atoms with E-state index in [2.05, 4.69) is 18.7 Å². The Morgan fingerprint density at radius 1 is 1.45 bits per heavy atom. The number of rotatable bonds is 8. The summed E-state index contributed by atoms with van der Waals surface area (Å²) >= 11 is 5.88. The van der Waals surface area contributed by atoms with E-state index in [0.717, 1.165) is 6.42 Å². The van der Waals surface area contributed by atoms with Gasteiger partial charge in [0.1, 0.15) is 5.82 Å². The minimum atomic E-state index is -0.379. The molecular formula is C15H24ClFN2O. The normalized spacial score (nSPS) is 14.6. The van der Waals surface area contributed by atoms with E-state index in [0.29, 0.717) is 25.3 Å². The molecule has 0 fully saturated rings. The minimum absolute atomic E-state index is 0.136. The third-order valence-electron chi connectivity index (χ3n) is 3.67. The fraction of sp³-hybridized carbons (Fsp3) is 0.600. The molecule has 1 aromatic carbocycles. The van der Waals surface area contributed by atoms with Crippen LogP contribution < -0.4 is 5.73 Å². The molecule has 0 radical (unpaired) electrons. The van der Waals surface area contributed by atoms with Crippen molar-refractivity contribution in [2.45, 2.75) is 32.4 Å². The summed E-state index contributed by atoms with van der Waals surface area (Å²) in [6, 6.07) is 5.16. The van der Waals surface area contributed by atoms with Crippen LogP contribution in [0.15, 0.2) is 18.2 Å². The molecule has 3 nitrogen and oxygen atoms in total. The first-order valence-corrected chi connectivity index (χ1v) is 7.33. The maximum Gasteiger partial charge on any atom is 0.146 e. The van der Waals surface area contributed by atoms with Gasteiger partial charge in [-0.2, -0.15) is 0 Å². The maximum atomic E-state index is 14.2. The van der Waals surface area contributed by atoms with Crippen LogP contribution in [-0.2, 0) is 4.74 Å². The molecule has 114 valence electrons. The van der Waals surface area contributed by atoms with Crippen molar-refractivity contribution in [1.29, 1.82) is 0 Å². The molecule has 2 atom stereocenters. The maximum absolute atomic E-state index is 14.2. The quantitative estimate of drug-likeness (QED) is 0.801. The Morgan fingerprint density at radius 2 is 2.15 bits per heavy atom. The number of ether oxygens (including phenoxy) is 1. The molecule has 1 rings (SSSR count). The molecule has 0 spiro atoms. The van der Waals surface area contributed by atoms with Gasteiger partial charge in [0.15, 0.2) is 0 Å². The molecule has 0 heterocycles. The van der Waals surface area contributed by atoms with Gasteiger partial charge < -0.3 is 10.5 Å². The first-order chi connectivity index (χ1) is 9.56. The summed E-state index contributed by atoms with van der Waals surface area (Å²) in [5.74, 6) is -0.379. The zero-order valence-electron chi connectivity index (χ0n) is 12.4. The molecule has 0 bridgehead atoms. The molecule has 2 N–H and O–H groups in total. The van der Waals surface area contributed by atoms with Crippen LogP contribution in [0.25, 0.3) is 0 Å². The van der Waals surface area contributed by atoms with Gasteiger partial charge in [-0.15, -0.1) is 0 Å². The molecule has 0 aromatic heterocycles. The number of benzene rings is 1. The Hall–Kier alpha value is -0.680. The highest BCUT2D eigenvalue weighted by atomic mass is 35.5. The predicted molar refractivity (Wildman–Crippen MR) is 81.5 cm³/mol. The van der Waals surface area contributed by atoms with E-state index in [9.17, 15) is 4.39 Å². The fourth-order valence-corrected chi connectivity index (χ4v) is 2.52. The van der Waals surface area contributed by atoms with Crippen LogP contribution in [0, 0.1) is 5.82 Å². The molecular weight excluding hydrogens is 279 g/mol. The Labute approximate surface area is 125 Å². The van der Waals surface area contributed by atoms with E-state index in [-0.39, 0.29) is 22.9 Å². The highest BCUT2D eigenvalue weighted by Gasteiger charge is 2.25. The van der Waals surface area contributed by atoms with E-state index < -0.39 is 0 Å². The molecule has 0 saturated heterocycles. The van der Waals surface area contributed by atoms with Crippen LogP contribution in [0.5, 0.6) is 0 Å². The highest BCUT2D eigenvalue weighted by molar-refractivity contribution is 6.30. The Bertz CT molecular complexity index is 417. The summed E-state index contributed by atoms with van der Waals surface area (Å²) in [6.45, 7) is 5.85. The van der Waals surface area contributed by atoms with Gasteiger partial charge in [-0.3, -0.25) is 4.90 Å². The first-order valence-electron chi connectivity index (χ1n) is 6.95. The molecule has 0 saturated carbocycles. The van der Waals surface area contributed by atoms with Crippen molar-refractivity contribution in [1.82, 2.24) is 4.90 Å². The molecule has 20 heavy (non-hydrogen) atoms. The lowest BCUT2D eigenvalue weighted by Gasteiger charge is -2.36. The third-order valence-corrected chi connectivity index (χ3v) is 3.97. The van der Waals surface area contributed by atoms with Gasteiger partial charge in [-0.25, -0.2) is 4.39 Å². The van der Waals surface area contributed by atoms with Crippen molar-refractivity contribution < 1.29 is 9.13 Å². The lowest BCUT2D eigenvalue weighted by atomic mass is 10.0. The highest BCUT2D eigenvalue weighted by Crippen LogP contribution is 2.28. The summed E-state index contributed by atoms with van der Waals surface area (Å²) < 4.78 is 19.4. The van der Waals surface area contributed by atoms with Crippen LogP contribution in [0.1, 0.15) is 31.9 Å². The summed E-state index contributed by atoms with van der Waals surface area (Å²) in [6.07, 6.45) is 0.961. The minimum Gasteiger partial charge on any atom is -0.383 e. The predicted octanol–water partition coefficient (Wildman–Crippen LogP) is 3.23. The van der Waals surface area contributed by atoms with Crippen LogP contribution in [0.2, 0.25) is 5.02 Å². The van der Waals surface area contributed by atoms with Crippen LogP contribution in [0.3, 0.4) is 0 Å². The van der Waals surface area contributed by atoms with Crippen LogP contribution in [0.4, 0.5) is 4.39 Å². The molecule has 5 heteroatoms. The number of nitrogens with two attached hydrogens (primary N) is 1. The summed E-state index contributed by atoms with van der Waals surface area (Å²) in [4.78, 5) is 2.18. The third kappa shape index (κ3) is 4.16. The summed E-state index contributed by atoms with van der Waals surface area (Å²) in [5, 5.41) is 0.136. The lowest BCUT2D eigenvalue weighted by molar-refractivity contribution is 0.0889. The smallest absolute Gasteiger partial charge is 0.146 e. The molecule has 0 aliphatic rings. The second-order valence-corrected chi connectivity index (χ2v) is 5.29. The van der Waals surface area contributed by atoms with Gasteiger partial charge in [-0.1, -0.05) is 30.7 Å². The van der Waals surface area contributed by atoms with E-state index in [1.165, 1.54) is 0 Å². The van der Waals surface area contributed by atoms with Gasteiger partial charge in [0, 0.05) is 31.8 Å². The van der Waals surface area contributed by atoms with Crippen molar-refractivity contribution in [2.75, 3.05) is 26.8 Å². The zero-order chi connectivity index (χ0) is 15.1. The van der Waals surface area contributed by atoms with Crippen molar-refractivity contribution in [3.63, 3.8) is 0 Å². The van der Waals surface area contributed by atoms with E-state index in [1.54, 1.807) is 25.3 Å². The monoisotopic (exact) mass is 302 g/mol. The average molecular weight is 303 g/mol. The van der Waals surface area contributed by atoms with Gasteiger partial charge >= 0.3 is 0 Å². The van der Waals surface area contributed by atoms with Gasteiger partial charge in [0.05, 0.1) is 17.7 Å². The number of halogens is 2. The molecule has 0 aliphatic carbocycles. The largest absolute Gasteiger partial charge is 0.383 e. The van der Waals surface area contributed by atoms with Crippen molar-refractivity contribution >= 4 is 11.6 Å². The number of nitrogens with zero attached hydrogens (tertiary/aromatic N) is 1. The van der Waals surface area contributed by atoms with Crippen LogP contribution in [-0.4, -0.2) is 37.7 Å². The van der Waals surface area contributed by atoms with E-state index in [4.69, 9.17) is 22.1 Å². The number of hydrogen-bond acceptors (Lipinski definition) is 3. The Balaban J connectivity index is 3.08. The van der Waals surface area contributed by atoms with Crippen molar-refractivity contribution in [3.8, 4) is 0 Å². The molecule has 0 aliphatic heterocycles. The zero-order valence-corrected chi connectivity index (χ0v) is 13.2. The van der Waals surface area contributed by atoms with Crippen molar-refractivity contribution in [2.24, 2.45) is 5.73 Å². The standard InChI is InChI=1S/C15H24ClFN2O/c1-4-11(2)19(8-9-20-3)14(10-18)12-6-5-7-13(16)15(12)17/h5-7,11,14H,4,8-10,18H2,1-3H3. The average Bonchev–Trinajstić information content (AvgIpc) is 2.46. The number of methoxy groups -OCH3 is 1. The summed E-state index contributed by atoms with van der Waals surface area (Å²) in [7, 11) is 1.66. The Kier molecular flexibility index (Phi) is 7.45. The SMILES string of the molecule is CCC(C)N(CCOC)C(CN)c1cccc(Cl)c1F. The molecule has 0 amide bonds. The fourth-order valence-electron chi connectivity index (χ4n) is 2.33. The molecule has 2 unspecified atom stereocenters. The van der Waals surface area contributed by atoms with Gasteiger partial charge in [0.25, 0.3) is 0 Å². The van der Waals surface area contributed by atoms with E-state index >= 15 is 0 Å². The topological polar surface area (TPSA) is 38.5 Å². The summed E-state index contributed by atoms with van der Waals surface area (Å²) in [5.41, 5.74) is 6.45. The molecule has 1 aromatic rings. The lowest BCUT2D eigenvalue weighted by Crippen LogP contribution is -2.42. The van der Waals surface area contributed by atoms with E-state index in [1.807, 2.05) is 0 Å². The van der Waals surface area contributed by atoms with Crippen LogP contribution >= 0.6 is 11.6 Å². The van der Waals surface area contributed by atoms with Gasteiger partial charge in [0.2, 0.25) is 0 Å². The van der Waals surface area contributed by atoms with Gasteiger partial charge in [-0.05, 0) is 19.4 Å².